The molecule has 3 fully saturated rings. The molecule has 0 aromatic carbocycles. The summed E-state index contributed by atoms with van der Waals surface area (Å²) in [4.78, 5) is 18.9. The Labute approximate surface area is 217 Å². The highest BCUT2D eigenvalue weighted by molar-refractivity contribution is 7.14. The van der Waals surface area contributed by atoms with Crippen LogP contribution in [0.4, 0.5) is 11.5 Å². The normalized spacial score (nSPS) is 20.8. The van der Waals surface area contributed by atoms with E-state index in [0.717, 1.165) is 59.3 Å². The highest BCUT2D eigenvalue weighted by Gasteiger charge is 2.30. The van der Waals surface area contributed by atoms with Crippen LogP contribution in [0.2, 0.25) is 0 Å². The minimum Gasteiger partial charge on any atom is -0.369 e. The maximum absolute atomic E-state index is 4.90. The molecule has 5 heterocycles. The zero-order chi connectivity index (χ0) is 24.5. The Hall–Kier alpha value is -2.65. The highest BCUT2D eigenvalue weighted by Crippen LogP contribution is 2.36. The number of hydrogen-bond donors (Lipinski definition) is 1. The maximum Gasteiger partial charge on any atom is 0.168 e. The van der Waals surface area contributed by atoms with Crippen LogP contribution in [0, 0.1) is 5.92 Å². The molecular formula is C27H36N8S. The van der Waals surface area contributed by atoms with Crippen molar-refractivity contribution in [2.45, 2.75) is 63.8 Å². The third kappa shape index (κ3) is 5.09. The van der Waals surface area contributed by atoms with E-state index in [0.29, 0.717) is 6.04 Å². The Kier molecular flexibility index (Phi) is 6.60. The number of piperidine rings is 1. The van der Waals surface area contributed by atoms with Crippen molar-refractivity contribution in [3.8, 4) is 10.7 Å². The molecule has 1 aliphatic carbocycles. The molecule has 3 aromatic heterocycles. The van der Waals surface area contributed by atoms with E-state index in [1.807, 2.05) is 12.4 Å². The lowest BCUT2D eigenvalue weighted by molar-refractivity contribution is 0.416. The summed E-state index contributed by atoms with van der Waals surface area (Å²) in [5.41, 5.74) is 2.66. The summed E-state index contributed by atoms with van der Waals surface area (Å²) in [6.07, 6.45) is 13.4. The summed E-state index contributed by atoms with van der Waals surface area (Å²) in [6.45, 7) is 9.78. The van der Waals surface area contributed by atoms with Gasteiger partial charge in [0, 0.05) is 32.2 Å². The Morgan fingerprint density at radius 1 is 0.972 bits per heavy atom. The summed E-state index contributed by atoms with van der Waals surface area (Å²) in [7, 11) is 0. The fraction of sp³-hybridized carbons (Fsp3) is 0.593. The fourth-order valence-corrected chi connectivity index (χ4v) is 6.13. The highest BCUT2D eigenvalue weighted by atomic mass is 32.1. The van der Waals surface area contributed by atoms with Crippen LogP contribution in [0.5, 0.6) is 0 Å². The van der Waals surface area contributed by atoms with Crippen molar-refractivity contribution in [1.82, 2.24) is 30.5 Å². The second-order valence-corrected chi connectivity index (χ2v) is 12.0. The molecule has 0 spiro atoms. The minimum absolute atomic E-state index is 0.343. The first kappa shape index (κ1) is 23.7. The average molecular weight is 505 g/mol. The van der Waals surface area contributed by atoms with E-state index in [9.17, 15) is 0 Å². The van der Waals surface area contributed by atoms with Gasteiger partial charge in [-0.25, -0.2) is 4.98 Å². The molecule has 0 amide bonds. The van der Waals surface area contributed by atoms with Crippen LogP contribution in [0.1, 0.15) is 63.1 Å². The van der Waals surface area contributed by atoms with Gasteiger partial charge in [-0.15, -0.1) is 10.2 Å². The van der Waals surface area contributed by atoms with Gasteiger partial charge in [-0.2, -0.15) is 0 Å². The Balaban J connectivity index is 1.15. The number of nitrogens with one attached hydrogen (secondary N) is 1. The number of rotatable bonds is 8. The van der Waals surface area contributed by atoms with Gasteiger partial charge in [0.2, 0.25) is 0 Å². The molecule has 1 atom stereocenters. The second kappa shape index (κ2) is 10.0. The topological polar surface area (TPSA) is 83.0 Å². The third-order valence-electron chi connectivity index (χ3n) is 7.80. The van der Waals surface area contributed by atoms with Gasteiger partial charge in [-0.3, -0.25) is 9.97 Å². The predicted octanol–water partition coefficient (Wildman–Crippen LogP) is 4.28. The molecule has 0 bridgehead atoms. The summed E-state index contributed by atoms with van der Waals surface area (Å²) in [5, 5.41) is 14.6. The fourth-order valence-electron chi connectivity index (χ4n) is 5.22. The van der Waals surface area contributed by atoms with Crippen LogP contribution in [0.3, 0.4) is 0 Å². The number of nitrogens with zero attached hydrogens (tertiary/aromatic N) is 7. The largest absolute Gasteiger partial charge is 0.369 e. The van der Waals surface area contributed by atoms with Crippen LogP contribution >= 0.6 is 11.3 Å². The molecule has 1 saturated carbocycles. The zero-order valence-corrected chi connectivity index (χ0v) is 22.2. The molecule has 36 heavy (non-hydrogen) atoms. The average Bonchev–Trinajstić information content (AvgIpc) is 3.35. The lowest BCUT2D eigenvalue weighted by atomic mass is 9.89. The van der Waals surface area contributed by atoms with Gasteiger partial charge in [0.05, 0.1) is 35.4 Å². The first-order valence-electron chi connectivity index (χ1n) is 13.4. The molecule has 6 rings (SSSR count). The standard InChI is InChI=1S/C27H36N8S/c1-27(2,26-33-32-25(36-26)22-16-28-17-24(31-22)34-11-3-4-12-34)23-10-9-21(15-30-23)35-13-5-6-20(18-35)29-14-19-7-8-19/h9-10,15-17,19-20,29H,3-8,11-14,18H2,1-2H3. The molecule has 3 aromatic rings. The molecule has 2 saturated heterocycles. The molecule has 1 N–H and O–H groups in total. The molecule has 2 aliphatic heterocycles. The van der Waals surface area contributed by atoms with Crippen molar-refractivity contribution >= 4 is 22.8 Å². The van der Waals surface area contributed by atoms with Crippen LogP contribution in [-0.2, 0) is 5.41 Å². The van der Waals surface area contributed by atoms with Gasteiger partial charge < -0.3 is 15.1 Å². The van der Waals surface area contributed by atoms with E-state index < -0.39 is 0 Å². The summed E-state index contributed by atoms with van der Waals surface area (Å²) >= 11 is 1.58. The predicted molar refractivity (Wildman–Crippen MR) is 145 cm³/mol. The van der Waals surface area contributed by atoms with E-state index in [2.05, 4.69) is 56.3 Å². The Bertz CT molecular complexity index is 1170. The van der Waals surface area contributed by atoms with Gasteiger partial charge in [0.25, 0.3) is 0 Å². The van der Waals surface area contributed by atoms with Crippen molar-refractivity contribution in [2.75, 3.05) is 42.5 Å². The summed E-state index contributed by atoms with van der Waals surface area (Å²) < 4.78 is 0. The third-order valence-corrected chi connectivity index (χ3v) is 9.07. The monoisotopic (exact) mass is 504 g/mol. The first-order valence-corrected chi connectivity index (χ1v) is 14.2. The van der Waals surface area contributed by atoms with Crippen LogP contribution < -0.4 is 15.1 Å². The van der Waals surface area contributed by atoms with Crippen molar-refractivity contribution in [3.05, 3.63) is 41.4 Å². The van der Waals surface area contributed by atoms with E-state index in [4.69, 9.17) is 9.97 Å². The number of pyridine rings is 1. The second-order valence-electron chi connectivity index (χ2n) is 11.0. The maximum atomic E-state index is 4.90. The zero-order valence-electron chi connectivity index (χ0n) is 21.4. The number of anilines is 2. The van der Waals surface area contributed by atoms with Crippen molar-refractivity contribution < 1.29 is 0 Å². The molecule has 9 heteroatoms. The van der Waals surface area contributed by atoms with Gasteiger partial charge in [0.1, 0.15) is 16.5 Å². The number of hydrogen-bond acceptors (Lipinski definition) is 9. The minimum atomic E-state index is -0.343. The van der Waals surface area contributed by atoms with Gasteiger partial charge in [-0.1, -0.05) is 11.3 Å². The SMILES string of the molecule is CC(C)(c1ccc(N2CCCC(NCC3CC3)C2)cn1)c1nnc(-c2cncc(N3CCCC3)n2)s1. The number of aromatic nitrogens is 5. The summed E-state index contributed by atoms with van der Waals surface area (Å²) in [5.74, 6) is 1.85. The van der Waals surface area contributed by atoms with E-state index in [1.165, 1.54) is 50.8 Å². The van der Waals surface area contributed by atoms with Gasteiger partial charge in [0.15, 0.2) is 5.01 Å². The van der Waals surface area contributed by atoms with E-state index in [1.54, 1.807) is 17.5 Å². The smallest absolute Gasteiger partial charge is 0.168 e. The van der Waals surface area contributed by atoms with Crippen LogP contribution in [-0.4, -0.2) is 63.9 Å². The molecular weight excluding hydrogens is 468 g/mol. The quantitative estimate of drug-likeness (QED) is 0.487. The molecule has 1 unspecified atom stereocenters. The van der Waals surface area contributed by atoms with Crippen LogP contribution in [0.25, 0.3) is 10.7 Å². The lowest BCUT2D eigenvalue weighted by Crippen LogP contribution is -2.46. The van der Waals surface area contributed by atoms with Crippen molar-refractivity contribution in [2.24, 2.45) is 5.92 Å². The van der Waals surface area contributed by atoms with Crippen LogP contribution in [0.15, 0.2) is 30.7 Å². The molecule has 0 radical (unpaired) electrons. The Morgan fingerprint density at radius 2 is 1.81 bits per heavy atom. The Morgan fingerprint density at radius 3 is 2.58 bits per heavy atom. The van der Waals surface area contributed by atoms with Gasteiger partial charge >= 0.3 is 0 Å². The van der Waals surface area contributed by atoms with Crippen molar-refractivity contribution in [1.29, 1.82) is 0 Å². The molecule has 190 valence electrons. The summed E-state index contributed by atoms with van der Waals surface area (Å²) in [6, 6.07) is 4.97. The molecule has 3 aliphatic rings. The lowest BCUT2D eigenvalue weighted by Gasteiger charge is -2.35. The molecule has 8 nitrogen and oxygen atoms in total. The van der Waals surface area contributed by atoms with Gasteiger partial charge in [-0.05, 0) is 77.0 Å². The first-order chi connectivity index (χ1) is 17.6. The van der Waals surface area contributed by atoms with E-state index in [-0.39, 0.29) is 5.41 Å². The van der Waals surface area contributed by atoms with Crippen molar-refractivity contribution in [3.63, 3.8) is 0 Å². The van der Waals surface area contributed by atoms with E-state index >= 15 is 0 Å².